The van der Waals surface area contributed by atoms with Crippen LogP contribution in [0.15, 0.2) is 24.3 Å². The summed E-state index contributed by atoms with van der Waals surface area (Å²) >= 11 is 0. The summed E-state index contributed by atoms with van der Waals surface area (Å²) in [7, 11) is 1.66. The molecule has 4 rings (SSSR count). The molecule has 1 N–H and O–H groups in total. The van der Waals surface area contributed by atoms with Crippen molar-refractivity contribution < 1.29 is 19.1 Å². The van der Waals surface area contributed by atoms with Gasteiger partial charge in [-0.25, -0.2) is 0 Å². The van der Waals surface area contributed by atoms with E-state index < -0.39 is 0 Å². The van der Waals surface area contributed by atoms with Crippen molar-refractivity contribution in [1.82, 2.24) is 10.2 Å². The maximum Gasteiger partial charge on any atom is 0.223 e. The zero-order valence-electron chi connectivity index (χ0n) is 17.3. The first-order valence-corrected chi connectivity index (χ1v) is 10.9. The third-order valence-electron chi connectivity index (χ3n) is 7.00. The molecule has 2 aliphatic heterocycles. The Bertz CT molecular complexity index is 719. The number of carbonyl (C=O) groups is 2. The summed E-state index contributed by atoms with van der Waals surface area (Å²) in [5, 5.41) is 3.28. The molecule has 1 aliphatic carbocycles. The van der Waals surface area contributed by atoms with Crippen LogP contribution < -0.4 is 10.1 Å². The number of methoxy groups -OCH3 is 1. The molecule has 0 radical (unpaired) electrons. The zero-order chi connectivity index (χ0) is 20.3. The van der Waals surface area contributed by atoms with Gasteiger partial charge in [0.05, 0.1) is 7.11 Å². The van der Waals surface area contributed by atoms with E-state index >= 15 is 0 Å². The summed E-state index contributed by atoms with van der Waals surface area (Å²) in [5.74, 6) is 1.39. The molecular weight excluding hydrogens is 368 g/mol. The van der Waals surface area contributed by atoms with Gasteiger partial charge in [0, 0.05) is 44.7 Å². The van der Waals surface area contributed by atoms with Crippen molar-refractivity contribution in [3.05, 3.63) is 29.8 Å². The summed E-state index contributed by atoms with van der Waals surface area (Å²) in [6.07, 6.45) is 6.04. The number of hydrogen-bond donors (Lipinski definition) is 1. The van der Waals surface area contributed by atoms with Crippen LogP contribution in [0.4, 0.5) is 0 Å². The average Bonchev–Trinajstić information content (AvgIpc) is 3.43. The number of amides is 2. The van der Waals surface area contributed by atoms with Crippen LogP contribution in [0.25, 0.3) is 0 Å². The van der Waals surface area contributed by atoms with Crippen molar-refractivity contribution in [2.45, 2.75) is 51.0 Å². The number of rotatable bonds is 6. The molecule has 2 amide bonds. The number of ether oxygens (including phenoxy) is 2. The van der Waals surface area contributed by atoms with Gasteiger partial charge in [-0.15, -0.1) is 0 Å². The van der Waals surface area contributed by atoms with Crippen molar-refractivity contribution in [3.63, 3.8) is 0 Å². The first-order chi connectivity index (χ1) is 14.1. The number of piperidine rings is 1. The predicted octanol–water partition coefficient (Wildman–Crippen LogP) is 2.55. The van der Waals surface area contributed by atoms with E-state index in [0.717, 1.165) is 62.9 Å². The first kappa shape index (κ1) is 20.2. The minimum absolute atomic E-state index is 0.112. The summed E-state index contributed by atoms with van der Waals surface area (Å²) < 4.78 is 10.5. The Morgan fingerprint density at radius 2 is 1.86 bits per heavy atom. The van der Waals surface area contributed by atoms with Gasteiger partial charge < -0.3 is 19.7 Å². The molecule has 0 aromatic heterocycles. The van der Waals surface area contributed by atoms with Gasteiger partial charge in [0.15, 0.2) is 0 Å². The van der Waals surface area contributed by atoms with Crippen molar-refractivity contribution in [2.75, 3.05) is 33.4 Å². The fraction of sp³-hybridized carbons (Fsp3) is 0.652. The third-order valence-corrected chi connectivity index (χ3v) is 7.00. The lowest BCUT2D eigenvalue weighted by molar-refractivity contribution is -0.133. The Balaban J connectivity index is 1.19. The zero-order valence-corrected chi connectivity index (χ0v) is 17.3. The van der Waals surface area contributed by atoms with Crippen LogP contribution in [0.5, 0.6) is 5.75 Å². The molecule has 6 nitrogen and oxygen atoms in total. The fourth-order valence-electron chi connectivity index (χ4n) is 4.76. The predicted molar refractivity (Wildman–Crippen MR) is 110 cm³/mol. The quantitative estimate of drug-likeness (QED) is 0.797. The van der Waals surface area contributed by atoms with Gasteiger partial charge in [0.2, 0.25) is 11.8 Å². The number of aryl methyl sites for hydroxylation is 1. The molecular formula is C23H32N2O4. The highest BCUT2D eigenvalue weighted by atomic mass is 16.5. The van der Waals surface area contributed by atoms with Crippen LogP contribution in [0.2, 0.25) is 0 Å². The highest BCUT2D eigenvalue weighted by Crippen LogP contribution is 2.54. The van der Waals surface area contributed by atoms with E-state index in [2.05, 4.69) is 5.32 Å². The van der Waals surface area contributed by atoms with Crippen LogP contribution in [0.1, 0.15) is 44.1 Å². The summed E-state index contributed by atoms with van der Waals surface area (Å²) in [5.41, 5.74) is 1.39. The molecule has 2 saturated heterocycles. The molecule has 1 aromatic rings. The highest BCUT2D eigenvalue weighted by molar-refractivity contribution is 5.79. The molecule has 1 spiro atoms. The van der Waals surface area contributed by atoms with Gasteiger partial charge in [0.25, 0.3) is 0 Å². The van der Waals surface area contributed by atoms with Crippen LogP contribution in [0.3, 0.4) is 0 Å². The van der Waals surface area contributed by atoms with Crippen molar-refractivity contribution >= 4 is 11.8 Å². The van der Waals surface area contributed by atoms with E-state index in [1.165, 1.54) is 0 Å². The SMILES string of the molecule is COc1ccc(CCC(=O)N2CCC3(CC2)CC3NC(=O)C2CCOCC2)cc1. The molecule has 1 saturated carbocycles. The summed E-state index contributed by atoms with van der Waals surface area (Å²) in [6, 6.07) is 8.22. The van der Waals surface area contributed by atoms with E-state index in [4.69, 9.17) is 9.47 Å². The Morgan fingerprint density at radius 3 is 2.52 bits per heavy atom. The maximum absolute atomic E-state index is 12.6. The van der Waals surface area contributed by atoms with Crippen LogP contribution in [0, 0.1) is 11.3 Å². The van der Waals surface area contributed by atoms with Gasteiger partial charge >= 0.3 is 0 Å². The lowest BCUT2D eigenvalue weighted by atomic mass is 9.92. The van der Waals surface area contributed by atoms with E-state index in [1.54, 1.807) is 7.11 Å². The number of likely N-dealkylation sites (tertiary alicyclic amines) is 1. The van der Waals surface area contributed by atoms with Crippen LogP contribution in [-0.4, -0.2) is 56.2 Å². The first-order valence-electron chi connectivity index (χ1n) is 10.9. The lowest BCUT2D eigenvalue weighted by Gasteiger charge is -2.33. The molecule has 0 bridgehead atoms. The Labute approximate surface area is 172 Å². The van der Waals surface area contributed by atoms with Crippen LogP contribution >= 0.6 is 0 Å². The molecule has 1 aromatic carbocycles. The summed E-state index contributed by atoms with van der Waals surface area (Å²) in [6.45, 7) is 3.01. The summed E-state index contributed by atoms with van der Waals surface area (Å²) in [4.78, 5) is 27.1. The number of benzene rings is 1. The number of nitrogens with zero attached hydrogens (tertiary/aromatic N) is 1. The monoisotopic (exact) mass is 400 g/mol. The second-order valence-electron chi connectivity index (χ2n) is 8.74. The second-order valence-corrected chi connectivity index (χ2v) is 8.74. The largest absolute Gasteiger partial charge is 0.497 e. The average molecular weight is 401 g/mol. The minimum Gasteiger partial charge on any atom is -0.497 e. The topological polar surface area (TPSA) is 67.9 Å². The molecule has 3 aliphatic rings. The lowest BCUT2D eigenvalue weighted by Crippen LogP contribution is -2.43. The third kappa shape index (κ3) is 4.74. The number of nitrogens with one attached hydrogen (secondary N) is 1. The Hall–Kier alpha value is -2.08. The second kappa shape index (κ2) is 8.74. The molecule has 1 atom stereocenters. The van der Waals surface area contributed by atoms with Crippen LogP contribution in [-0.2, 0) is 20.7 Å². The molecule has 29 heavy (non-hydrogen) atoms. The Kier molecular flexibility index (Phi) is 6.09. The number of carbonyl (C=O) groups excluding carboxylic acids is 2. The van der Waals surface area contributed by atoms with Crippen molar-refractivity contribution in [3.8, 4) is 5.75 Å². The van der Waals surface area contributed by atoms with E-state index in [9.17, 15) is 9.59 Å². The highest BCUT2D eigenvalue weighted by Gasteiger charge is 2.56. The molecule has 2 heterocycles. The normalized spacial score (nSPS) is 23.6. The maximum atomic E-state index is 12.6. The van der Waals surface area contributed by atoms with Gasteiger partial charge in [-0.05, 0) is 61.6 Å². The van der Waals surface area contributed by atoms with Gasteiger partial charge in [-0.1, -0.05) is 12.1 Å². The molecule has 1 unspecified atom stereocenters. The molecule has 6 heteroatoms. The van der Waals surface area contributed by atoms with E-state index in [-0.39, 0.29) is 23.1 Å². The standard InChI is InChI=1S/C23H32N2O4/c1-28-19-5-2-17(3-6-19)4-7-21(26)25-12-10-23(11-13-25)16-20(23)24-22(27)18-8-14-29-15-9-18/h2-3,5-6,18,20H,4,7-16H2,1H3,(H,24,27). The van der Waals surface area contributed by atoms with Gasteiger partial charge in [0.1, 0.15) is 5.75 Å². The van der Waals surface area contributed by atoms with Crippen molar-refractivity contribution in [2.24, 2.45) is 11.3 Å². The minimum atomic E-state index is 0.112. The van der Waals surface area contributed by atoms with Gasteiger partial charge in [-0.2, -0.15) is 0 Å². The molecule has 3 fully saturated rings. The fourth-order valence-corrected chi connectivity index (χ4v) is 4.76. The van der Waals surface area contributed by atoms with E-state index in [0.29, 0.717) is 25.7 Å². The molecule has 158 valence electrons. The van der Waals surface area contributed by atoms with E-state index in [1.807, 2.05) is 29.2 Å². The van der Waals surface area contributed by atoms with Crippen molar-refractivity contribution in [1.29, 1.82) is 0 Å². The number of hydrogen-bond acceptors (Lipinski definition) is 4. The Morgan fingerprint density at radius 1 is 1.17 bits per heavy atom. The smallest absolute Gasteiger partial charge is 0.223 e. The van der Waals surface area contributed by atoms with Gasteiger partial charge in [-0.3, -0.25) is 9.59 Å².